The van der Waals surface area contributed by atoms with Gasteiger partial charge in [0.25, 0.3) is 5.70 Å². The van der Waals surface area contributed by atoms with Crippen molar-refractivity contribution >= 4 is 89.6 Å². The number of fused-ring (bicyclic) bond motifs is 15. The van der Waals surface area contributed by atoms with E-state index < -0.39 is 0 Å². The molecule has 0 radical (unpaired) electrons. The Bertz CT molecular complexity index is 3150. The Hall–Kier alpha value is -6.24. The van der Waals surface area contributed by atoms with Crippen molar-refractivity contribution in [2.75, 3.05) is 0 Å². The minimum Gasteiger partial charge on any atom is -0.289 e. The Kier molecular flexibility index (Phi) is 8.25. The number of carbonyl (C=O) groups excluding carboxylic acids is 2. The molecule has 0 N–H and O–H groups in total. The molecule has 0 saturated heterocycles. The molecule has 6 nitrogen and oxygen atoms in total. The highest BCUT2D eigenvalue weighted by molar-refractivity contribution is 7.34. The summed E-state index contributed by atoms with van der Waals surface area (Å²) in [6, 6.07) is 25.4. The van der Waals surface area contributed by atoms with E-state index in [9.17, 15) is 25.4 Å². The highest BCUT2D eigenvalue weighted by Crippen LogP contribution is 2.69. The van der Waals surface area contributed by atoms with Crippen molar-refractivity contribution in [1.82, 2.24) is 0 Å². The first-order valence-electron chi connectivity index (χ1n) is 21.0. The fraction of sp³-hybridized carbons (Fsp3) is 0.231. The van der Waals surface area contributed by atoms with Gasteiger partial charge >= 0.3 is 0 Å². The number of benzene rings is 2. The number of hydrogen-bond donors (Lipinski definition) is 0. The van der Waals surface area contributed by atoms with Gasteiger partial charge in [-0.3, -0.25) is 9.59 Å². The van der Waals surface area contributed by atoms with Crippen molar-refractivity contribution < 1.29 is 9.59 Å². The zero-order valence-electron chi connectivity index (χ0n) is 33.2. The lowest BCUT2D eigenvalue weighted by atomic mass is 9.67. The highest BCUT2D eigenvalue weighted by atomic mass is 32.1. The van der Waals surface area contributed by atoms with E-state index in [1.807, 2.05) is 71.2 Å². The fourth-order valence-corrected chi connectivity index (χ4v) is 17.7. The molecule has 0 amide bonds. The predicted molar refractivity (Wildman–Crippen MR) is 249 cm³/mol. The molecule has 4 aromatic heterocycles. The highest BCUT2D eigenvalue weighted by Gasteiger charge is 2.53. The SMILES string of the molecule is [C-]#[N+]/C(C#N)=C1\C(=C\c2cc3c(s2)-c2sc4c5c(sc4c2C32CCCCC2)-c2sc(/C=C3\C(=O)c4ccccc4C3=C(C#N)C#N)cc2C52CCCCC2)C(=O)c2ccccc21. The molecule has 0 aliphatic heterocycles. The molecular weight excluding hydrogens is 841 g/mol. The lowest BCUT2D eigenvalue weighted by Gasteiger charge is -2.35. The van der Waals surface area contributed by atoms with Crippen LogP contribution in [0.2, 0.25) is 0 Å². The van der Waals surface area contributed by atoms with E-state index in [-0.39, 0.29) is 33.7 Å². The molecule has 2 saturated carbocycles. The summed E-state index contributed by atoms with van der Waals surface area (Å²) >= 11 is 7.41. The summed E-state index contributed by atoms with van der Waals surface area (Å²) in [5.41, 5.74) is 9.45. The van der Waals surface area contributed by atoms with Crippen LogP contribution in [0.25, 0.3) is 57.1 Å². The number of thiophene rings is 4. The second kappa shape index (κ2) is 13.6. The average Bonchev–Trinajstić information content (AvgIpc) is 4.18. The van der Waals surface area contributed by atoms with E-state index in [4.69, 9.17) is 6.57 Å². The standard InChI is InChI=1S/C52H32N4O2S4/c1-56-38(26-55)40-31-13-5-7-15-33(31)44(58)35(40)21-29-23-37-46(60-29)48-42(52(37)18-10-3-11-19-52)50-49(62-48)41-47(61-50)45-36(51(41)16-8-2-9-17-51)22-28(59-45)20-34-39(27(24-53)25-54)30-12-4-6-14-32(30)43(34)57/h4-7,12-15,20-23H,2-3,8-11,16-19H2/b34-20-,35-21-,40-38-. The first kappa shape index (κ1) is 37.5. The van der Waals surface area contributed by atoms with Gasteiger partial charge in [0, 0.05) is 74.9 Å². The van der Waals surface area contributed by atoms with Crippen LogP contribution in [0.3, 0.4) is 0 Å². The van der Waals surface area contributed by atoms with Gasteiger partial charge in [0.2, 0.25) is 0 Å². The summed E-state index contributed by atoms with van der Waals surface area (Å²) in [7, 11) is 0. The molecule has 2 spiro atoms. The van der Waals surface area contributed by atoms with E-state index in [1.165, 1.54) is 64.0 Å². The molecule has 12 rings (SSSR count). The normalized spacial score (nSPS) is 20.4. The number of carbonyl (C=O) groups is 2. The molecule has 0 bridgehead atoms. The predicted octanol–water partition coefficient (Wildman–Crippen LogP) is 14.1. The Morgan fingerprint density at radius 3 is 1.45 bits per heavy atom. The topological polar surface area (TPSA) is 110 Å². The van der Waals surface area contributed by atoms with Crippen LogP contribution in [0.1, 0.15) is 128 Å². The lowest BCUT2D eigenvalue weighted by molar-refractivity contribution is 0.103. The second-order valence-electron chi connectivity index (χ2n) is 17.1. The number of hydrogen-bond acceptors (Lipinski definition) is 9. The molecular formula is C52H32N4O2S4. The van der Waals surface area contributed by atoms with Gasteiger partial charge < -0.3 is 0 Å². The number of nitrogens with zero attached hydrogens (tertiary/aromatic N) is 4. The largest absolute Gasteiger partial charge is 0.289 e. The van der Waals surface area contributed by atoms with Crippen molar-refractivity contribution in [3.8, 4) is 37.7 Å². The molecule has 2 fully saturated rings. The fourth-order valence-electron chi connectivity index (χ4n) is 11.7. The van der Waals surface area contributed by atoms with Crippen LogP contribution >= 0.6 is 45.3 Å². The van der Waals surface area contributed by atoms with Gasteiger partial charge in [-0.1, -0.05) is 87.1 Å². The summed E-state index contributed by atoms with van der Waals surface area (Å²) in [4.78, 5) is 38.7. The molecule has 6 aliphatic rings. The Morgan fingerprint density at radius 1 is 0.581 bits per heavy atom. The van der Waals surface area contributed by atoms with E-state index >= 15 is 0 Å². The van der Waals surface area contributed by atoms with Crippen LogP contribution < -0.4 is 0 Å². The second-order valence-corrected chi connectivity index (χ2v) is 21.3. The van der Waals surface area contributed by atoms with Gasteiger partial charge in [-0.05, 0) is 72.2 Å². The number of rotatable bonds is 2. The van der Waals surface area contributed by atoms with Gasteiger partial charge in [-0.15, -0.1) is 45.3 Å². The minimum absolute atomic E-state index is 0.0432. The molecule has 10 heteroatoms. The number of allylic oxidation sites excluding steroid dienone is 6. The third-order valence-corrected chi connectivity index (χ3v) is 19.3. The Morgan fingerprint density at radius 2 is 1.02 bits per heavy atom. The zero-order valence-corrected chi connectivity index (χ0v) is 36.5. The minimum atomic E-state index is -0.149. The maximum Gasteiger partial charge on any atom is 0.270 e. The number of ketones is 2. The zero-order chi connectivity index (χ0) is 42.1. The van der Waals surface area contributed by atoms with Gasteiger partial charge in [-0.25, -0.2) is 10.1 Å². The quantitative estimate of drug-likeness (QED) is 0.0977. The van der Waals surface area contributed by atoms with Crippen LogP contribution in [-0.2, 0) is 10.8 Å². The van der Waals surface area contributed by atoms with Gasteiger partial charge in [0.15, 0.2) is 11.6 Å². The monoisotopic (exact) mass is 872 g/mol. The Labute approximate surface area is 374 Å². The van der Waals surface area contributed by atoms with Crippen molar-refractivity contribution in [2.45, 2.75) is 75.0 Å². The van der Waals surface area contributed by atoms with Gasteiger partial charge in [0.05, 0.1) is 31.8 Å². The summed E-state index contributed by atoms with van der Waals surface area (Å²) in [6.07, 6.45) is 15.2. The molecule has 0 unspecified atom stereocenters. The van der Waals surface area contributed by atoms with Crippen LogP contribution in [-0.4, -0.2) is 11.6 Å². The van der Waals surface area contributed by atoms with E-state index in [0.29, 0.717) is 44.5 Å². The molecule has 2 aromatic carbocycles. The Balaban J connectivity index is 1.02. The first-order chi connectivity index (χ1) is 30.4. The van der Waals surface area contributed by atoms with Crippen LogP contribution in [0.5, 0.6) is 0 Å². The van der Waals surface area contributed by atoms with Crippen molar-refractivity contribution in [3.05, 3.63) is 149 Å². The van der Waals surface area contributed by atoms with Crippen LogP contribution in [0.4, 0.5) is 0 Å². The summed E-state index contributed by atoms with van der Waals surface area (Å²) in [6.45, 7) is 7.78. The molecule has 0 atom stereocenters. The first-order valence-corrected chi connectivity index (χ1v) is 24.3. The molecule has 6 aromatic rings. The summed E-state index contributed by atoms with van der Waals surface area (Å²) < 4.78 is 2.84. The lowest BCUT2D eigenvalue weighted by Crippen LogP contribution is -2.28. The van der Waals surface area contributed by atoms with E-state index in [1.54, 1.807) is 34.8 Å². The average molecular weight is 873 g/mol. The molecule has 6 aliphatic carbocycles. The number of Topliss-reactive ketones (excluding diaryl/α,β-unsaturated/α-hetero) is 2. The smallest absolute Gasteiger partial charge is 0.270 e. The molecule has 4 heterocycles. The van der Waals surface area contributed by atoms with Crippen molar-refractivity contribution in [2.24, 2.45) is 0 Å². The molecule has 62 heavy (non-hydrogen) atoms. The van der Waals surface area contributed by atoms with Crippen molar-refractivity contribution in [1.29, 1.82) is 15.8 Å². The van der Waals surface area contributed by atoms with Crippen LogP contribution in [0, 0.1) is 40.6 Å². The van der Waals surface area contributed by atoms with Gasteiger partial charge in [0.1, 0.15) is 17.7 Å². The van der Waals surface area contributed by atoms with Crippen molar-refractivity contribution in [3.63, 3.8) is 0 Å². The summed E-state index contributed by atoms with van der Waals surface area (Å²) in [5, 5.41) is 29.9. The third-order valence-electron chi connectivity index (χ3n) is 14.3. The molecule has 296 valence electrons. The maximum atomic E-state index is 13.9. The summed E-state index contributed by atoms with van der Waals surface area (Å²) in [5.74, 6) is -0.291. The number of nitriles is 3. The third kappa shape index (κ3) is 4.84. The van der Waals surface area contributed by atoms with E-state index in [0.717, 1.165) is 61.1 Å². The van der Waals surface area contributed by atoms with Gasteiger partial charge in [-0.2, -0.15) is 10.5 Å². The van der Waals surface area contributed by atoms with E-state index in [2.05, 4.69) is 35.2 Å². The van der Waals surface area contributed by atoms with Crippen LogP contribution in [0.15, 0.2) is 83.1 Å². The maximum absolute atomic E-state index is 13.9.